The van der Waals surface area contributed by atoms with Gasteiger partial charge in [-0.3, -0.25) is 0 Å². The predicted octanol–water partition coefficient (Wildman–Crippen LogP) is 4.37. The smallest absolute Gasteiger partial charge is 0.0628 e. The van der Waals surface area contributed by atoms with Crippen molar-refractivity contribution in [2.75, 3.05) is 13.2 Å². The van der Waals surface area contributed by atoms with Crippen LogP contribution in [-0.4, -0.2) is 13.2 Å². The lowest BCUT2D eigenvalue weighted by Crippen LogP contribution is -2.31. The molecule has 2 nitrogen and oxygen atoms in total. The highest BCUT2D eigenvalue weighted by atomic mass is 35.5. The molecule has 1 aliphatic heterocycles. The van der Waals surface area contributed by atoms with Crippen molar-refractivity contribution in [1.29, 1.82) is 5.26 Å². The zero-order valence-electron chi connectivity index (χ0n) is 11.2. The van der Waals surface area contributed by atoms with Crippen LogP contribution in [0.25, 0.3) is 0 Å². The first kappa shape index (κ1) is 14.4. The molecule has 2 rings (SSSR count). The zero-order valence-corrected chi connectivity index (χ0v) is 12.0. The van der Waals surface area contributed by atoms with Gasteiger partial charge in [-0.1, -0.05) is 23.7 Å². The Morgan fingerprint density at radius 1 is 1.32 bits per heavy atom. The second-order valence-electron chi connectivity index (χ2n) is 5.47. The number of nitrogens with zero attached hydrogens (tertiary/aromatic N) is 1. The molecule has 1 aromatic carbocycles. The first-order valence-electron chi connectivity index (χ1n) is 6.93. The van der Waals surface area contributed by atoms with E-state index in [4.69, 9.17) is 21.6 Å². The summed E-state index contributed by atoms with van der Waals surface area (Å²) in [5.74, 6) is 0. The first-order chi connectivity index (χ1) is 9.24. The maximum absolute atomic E-state index is 9.01. The van der Waals surface area contributed by atoms with E-state index in [0.29, 0.717) is 6.42 Å². The molecule has 0 radical (unpaired) electrons. The van der Waals surface area contributed by atoms with E-state index >= 15 is 0 Å². The number of rotatable bonds is 5. The van der Waals surface area contributed by atoms with Crippen molar-refractivity contribution in [2.24, 2.45) is 5.41 Å². The van der Waals surface area contributed by atoms with Gasteiger partial charge in [-0.15, -0.1) is 0 Å². The summed E-state index contributed by atoms with van der Waals surface area (Å²) in [6.07, 6.45) is 6.05. The molecule has 1 atom stereocenters. The third kappa shape index (κ3) is 4.23. The lowest BCUT2D eigenvalue weighted by molar-refractivity contribution is -0.0110. The van der Waals surface area contributed by atoms with Gasteiger partial charge < -0.3 is 4.74 Å². The molecule has 1 fully saturated rings. The largest absolute Gasteiger partial charge is 0.381 e. The third-order valence-corrected chi connectivity index (χ3v) is 4.20. The zero-order chi connectivity index (χ0) is 13.6. The molecule has 0 amide bonds. The summed E-state index contributed by atoms with van der Waals surface area (Å²) in [5.41, 5.74) is 1.41. The maximum Gasteiger partial charge on any atom is 0.0628 e. The van der Waals surface area contributed by atoms with E-state index in [1.165, 1.54) is 5.56 Å². The molecule has 1 heterocycles. The monoisotopic (exact) mass is 277 g/mol. The van der Waals surface area contributed by atoms with E-state index in [1.807, 2.05) is 12.1 Å². The predicted molar refractivity (Wildman–Crippen MR) is 77.1 cm³/mol. The van der Waals surface area contributed by atoms with Crippen LogP contribution in [0.3, 0.4) is 0 Å². The summed E-state index contributed by atoms with van der Waals surface area (Å²) in [5, 5.41) is 9.79. The second kappa shape index (κ2) is 6.93. The molecule has 1 unspecified atom stereocenters. The lowest BCUT2D eigenvalue weighted by atomic mass is 9.75. The number of benzene rings is 1. The van der Waals surface area contributed by atoms with Gasteiger partial charge in [0.15, 0.2) is 0 Å². The summed E-state index contributed by atoms with van der Waals surface area (Å²) in [7, 11) is 0. The lowest BCUT2D eigenvalue weighted by Gasteiger charge is -2.35. The van der Waals surface area contributed by atoms with Crippen LogP contribution in [-0.2, 0) is 11.2 Å². The van der Waals surface area contributed by atoms with Gasteiger partial charge in [0, 0.05) is 23.5 Å². The Kier molecular flexibility index (Phi) is 5.24. The highest BCUT2D eigenvalue weighted by molar-refractivity contribution is 6.30. The van der Waals surface area contributed by atoms with Crippen molar-refractivity contribution < 1.29 is 4.74 Å². The molecule has 1 aliphatic rings. The van der Waals surface area contributed by atoms with Crippen LogP contribution in [0.4, 0.5) is 0 Å². The Bertz CT molecular complexity index is 429. The molecule has 3 heteroatoms. The number of hydrogen-bond donors (Lipinski definition) is 0. The Morgan fingerprint density at radius 3 is 2.74 bits per heavy atom. The average molecular weight is 278 g/mol. The van der Waals surface area contributed by atoms with Crippen molar-refractivity contribution in [1.82, 2.24) is 0 Å². The Balaban J connectivity index is 1.85. The van der Waals surface area contributed by atoms with Crippen LogP contribution in [0.15, 0.2) is 24.3 Å². The van der Waals surface area contributed by atoms with Crippen molar-refractivity contribution in [2.45, 2.75) is 38.5 Å². The van der Waals surface area contributed by atoms with Crippen LogP contribution in [0, 0.1) is 16.7 Å². The van der Waals surface area contributed by atoms with Gasteiger partial charge in [0.25, 0.3) is 0 Å². The summed E-state index contributed by atoms with van der Waals surface area (Å²) >= 11 is 5.88. The van der Waals surface area contributed by atoms with Gasteiger partial charge in [-0.25, -0.2) is 0 Å². The van der Waals surface area contributed by atoms with Crippen molar-refractivity contribution >= 4 is 11.6 Å². The standard InChI is InChI=1S/C16H20ClNO/c17-15-6-4-14(5-7-15)3-1-8-16(10-11-18)9-2-12-19-13-16/h4-7H,1-3,8-10,12-13H2. The van der Waals surface area contributed by atoms with E-state index in [-0.39, 0.29) is 5.41 Å². The molecule has 19 heavy (non-hydrogen) atoms. The molecule has 0 aliphatic carbocycles. The highest BCUT2D eigenvalue weighted by Crippen LogP contribution is 2.37. The topological polar surface area (TPSA) is 33.0 Å². The summed E-state index contributed by atoms with van der Waals surface area (Å²) in [4.78, 5) is 0. The van der Waals surface area contributed by atoms with Gasteiger partial charge >= 0.3 is 0 Å². The van der Waals surface area contributed by atoms with Gasteiger partial charge in [0.05, 0.1) is 12.7 Å². The fraction of sp³-hybridized carbons (Fsp3) is 0.562. The van der Waals surface area contributed by atoms with Crippen LogP contribution >= 0.6 is 11.6 Å². The normalized spacial score (nSPS) is 22.9. The van der Waals surface area contributed by atoms with Gasteiger partial charge in [0.2, 0.25) is 0 Å². The fourth-order valence-electron chi connectivity index (χ4n) is 2.82. The van der Waals surface area contributed by atoms with Crippen LogP contribution in [0.1, 0.15) is 37.7 Å². The molecule has 1 saturated heterocycles. The Labute approximate surface area is 120 Å². The molecular weight excluding hydrogens is 258 g/mol. The van der Waals surface area contributed by atoms with Crippen molar-refractivity contribution in [3.05, 3.63) is 34.9 Å². The summed E-state index contributed by atoms with van der Waals surface area (Å²) in [6.45, 7) is 1.60. The average Bonchev–Trinajstić information content (AvgIpc) is 2.42. The number of aryl methyl sites for hydroxylation is 1. The number of nitriles is 1. The Morgan fingerprint density at radius 2 is 2.11 bits per heavy atom. The third-order valence-electron chi connectivity index (χ3n) is 3.94. The van der Waals surface area contributed by atoms with E-state index in [9.17, 15) is 0 Å². The molecule has 102 valence electrons. The number of ether oxygens (including phenoxy) is 1. The van der Waals surface area contributed by atoms with Gasteiger partial charge in [-0.05, 0) is 49.8 Å². The van der Waals surface area contributed by atoms with Crippen LogP contribution in [0.2, 0.25) is 5.02 Å². The second-order valence-corrected chi connectivity index (χ2v) is 5.91. The molecule has 0 N–H and O–H groups in total. The van der Waals surface area contributed by atoms with E-state index in [2.05, 4.69) is 18.2 Å². The van der Waals surface area contributed by atoms with Crippen LogP contribution < -0.4 is 0 Å². The minimum Gasteiger partial charge on any atom is -0.381 e. The first-order valence-corrected chi connectivity index (χ1v) is 7.31. The van der Waals surface area contributed by atoms with E-state index in [0.717, 1.165) is 50.3 Å². The SMILES string of the molecule is N#CCC1(CCCc2ccc(Cl)cc2)CCCOC1. The molecule has 0 saturated carbocycles. The van der Waals surface area contributed by atoms with E-state index < -0.39 is 0 Å². The van der Waals surface area contributed by atoms with Crippen molar-refractivity contribution in [3.8, 4) is 6.07 Å². The molecular formula is C16H20ClNO. The minimum atomic E-state index is 0.0967. The molecule has 1 aromatic rings. The Hall–Kier alpha value is -1.04. The van der Waals surface area contributed by atoms with Crippen LogP contribution in [0.5, 0.6) is 0 Å². The highest BCUT2D eigenvalue weighted by Gasteiger charge is 2.32. The summed E-state index contributed by atoms with van der Waals surface area (Å²) < 4.78 is 5.59. The minimum absolute atomic E-state index is 0.0967. The van der Waals surface area contributed by atoms with Gasteiger partial charge in [0.1, 0.15) is 0 Å². The maximum atomic E-state index is 9.01. The summed E-state index contributed by atoms with van der Waals surface area (Å²) in [6, 6.07) is 10.4. The van der Waals surface area contributed by atoms with Gasteiger partial charge in [-0.2, -0.15) is 5.26 Å². The number of hydrogen-bond acceptors (Lipinski definition) is 2. The molecule has 0 aromatic heterocycles. The fourth-order valence-corrected chi connectivity index (χ4v) is 2.95. The van der Waals surface area contributed by atoms with E-state index in [1.54, 1.807) is 0 Å². The quantitative estimate of drug-likeness (QED) is 0.800. The van der Waals surface area contributed by atoms with Crippen molar-refractivity contribution in [3.63, 3.8) is 0 Å². The number of halogens is 1. The molecule has 0 bridgehead atoms. The molecule has 0 spiro atoms.